The van der Waals surface area contributed by atoms with Gasteiger partial charge < -0.3 is 0 Å². The second-order valence-electron chi connectivity index (χ2n) is 7.76. The first-order valence-electron chi connectivity index (χ1n) is 9.31. The van der Waals surface area contributed by atoms with E-state index in [4.69, 9.17) is 0 Å². The molecule has 2 saturated carbocycles. The zero-order chi connectivity index (χ0) is 20.7. The molecule has 0 atom stereocenters. The number of rotatable bonds is 2. The van der Waals surface area contributed by atoms with Crippen molar-refractivity contribution in [1.82, 2.24) is 10.4 Å². The fraction of sp³-hybridized carbons (Fsp3) is 0.250. The van der Waals surface area contributed by atoms with E-state index in [1.807, 2.05) is 84.9 Å². The summed E-state index contributed by atoms with van der Waals surface area (Å²) in [5.41, 5.74) is 4.80. The van der Waals surface area contributed by atoms with Gasteiger partial charge in [-0.3, -0.25) is 15.0 Å². The molecule has 5 heteroatoms. The first kappa shape index (κ1) is 25.7. The van der Waals surface area contributed by atoms with Gasteiger partial charge in [-0.25, -0.2) is 5.01 Å². The van der Waals surface area contributed by atoms with Gasteiger partial charge in [0.05, 0.1) is 11.5 Å². The van der Waals surface area contributed by atoms with Crippen LogP contribution in [0.15, 0.2) is 18.2 Å². The topological polar surface area (TPSA) is 49.4 Å². The molecule has 0 bridgehead atoms. The van der Waals surface area contributed by atoms with E-state index >= 15 is 0 Å². The average Bonchev–Trinajstić information content (AvgIpc) is 3.33. The molecule has 2 aliphatic rings. The van der Waals surface area contributed by atoms with Gasteiger partial charge in [0.25, 0.3) is 5.91 Å². The van der Waals surface area contributed by atoms with Crippen LogP contribution in [0.5, 0.6) is 0 Å². The second-order valence-corrected chi connectivity index (χ2v) is 7.76. The molecule has 0 spiro atoms. The van der Waals surface area contributed by atoms with Gasteiger partial charge in [0, 0.05) is 5.56 Å². The molecule has 10 radical (unpaired) electrons. The van der Waals surface area contributed by atoms with Crippen molar-refractivity contribution < 1.29 is 26.7 Å². The Kier molecular flexibility index (Phi) is 10.4. The third-order valence-electron chi connectivity index (χ3n) is 4.04. The summed E-state index contributed by atoms with van der Waals surface area (Å²) in [5.74, 6) is 0.0272. The number of nitrogens with one attached hydrogen (secondary N) is 1. The van der Waals surface area contributed by atoms with Crippen LogP contribution < -0.4 is 5.43 Å². The van der Waals surface area contributed by atoms with E-state index in [1.54, 1.807) is 25.7 Å². The van der Waals surface area contributed by atoms with Crippen LogP contribution in [-0.2, 0) is 21.9 Å². The molecule has 2 amide bonds. The van der Waals surface area contributed by atoms with Crippen molar-refractivity contribution in [1.29, 1.82) is 0 Å². The number of hydrogen-bond acceptors (Lipinski definition) is 2. The monoisotopic (exact) mass is 432 g/mol. The molecule has 2 fully saturated rings. The molecule has 2 aliphatic carbocycles. The molecule has 1 aromatic carbocycles. The Morgan fingerprint density at radius 3 is 1.66 bits per heavy atom. The quantitative estimate of drug-likeness (QED) is 0.568. The predicted molar refractivity (Wildman–Crippen MR) is 112 cm³/mol. The third kappa shape index (κ3) is 8.14. The number of hydrogen-bond donors (Lipinski definition) is 1. The van der Waals surface area contributed by atoms with Gasteiger partial charge in [-0.15, -0.1) is 0 Å². The van der Waals surface area contributed by atoms with Gasteiger partial charge in [-0.2, -0.15) is 0 Å². The summed E-state index contributed by atoms with van der Waals surface area (Å²) in [6, 6.07) is 5.69. The Bertz CT molecular complexity index is 644. The molecule has 0 aliphatic heterocycles. The maximum absolute atomic E-state index is 12.9. The van der Waals surface area contributed by atoms with Gasteiger partial charge in [0.15, 0.2) is 0 Å². The van der Waals surface area contributed by atoms with Crippen LogP contribution in [0.2, 0.25) is 0 Å². The average molecular weight is 432 g/mol. The predicted octanol–water partition coefficient (Wildman–Crippen LogP) is 4.00. The van der Waals surface area contributed by atoms with E-state index in [0.717, 1.165) is 11.1 Å². The SMILES string of the molecule is Cc1cc(C)cc(C(=O)N(NC(=O)[C]2[CH][CH][CH][CH]2)C(C)(C)C)c1.[CH]1[CH][CH][CH][CH]1.[Fe+2]. The Labute approximate surface area is 187 Å². The van der Waals surface area contributed by atoms with Crippen LogP contribution in [0.1, 0.15) is 42.3 Å². The first-order valence-corrected chi connectivity index (χ1v) is 9.31. The van der Waals surface area contributed by atoms with Gasteiger partial charge in [-0.1, -0.05) is 17.2 Å². The number of hydrazine groups is 1. The van der Waals surface area contributed by atoms with E-state index < -0.39 is 5.54 Å². The van der Waals surface area contributed by atoms with Crippen LogP contribution in [0, 0.1) is 77.6 Å². The van der Waals surface area contributed by atoms with Crippen LogP contribution in [0.3, 0.4) is 0 Å². The van der Waals surface area contributed by atoms with Crippen molar-refractivity contribution in [2.45, 2.75) is 40.2 Å². The molecule has 0 heterocycles. The molecule has 1 aromatic rings. The van der Waals surface area contributed by atoms with Crippen molar-refractivity contribution in [2.75, 3.05) is 0 Å². The first-order chi connectivity index (χ1) is 13.2. The van der Waals surface area contributed by atoms with Gasteiger partial charge in [0.2, 0.25) is 5.91 Å². The minimum Gasteiger partial charge on any atom is -0.273 e. The molecule has 1 N–H and O–H groups in total. The van der Waals surface area contributed by atoms with E-state index in [1.165, 1.54) is 5.01 Å². The molecular weight excluding hydrogens is 404 g/mol. The third-order valence-corrected chi connectivity index (χ3v) is 4.04. The number of carbonyl (C=O) groups is 2. The van der Waals surface area contributed by atoms with Crippen molar-refractivity contribution in [3.05, 3.63) is 98.6 Å². The summed E-state index contributed by atoms with van der Waals surface area (Å²) in [5, 5.41) is 1.40. The maximum Gasteiger partial charge on any atom is 2.00 e. The second kappa shape index (κ2) is 11.8. The fourth-order valence-electron chi connectivity index (χ4n) is 2.76. The molecule has 29 heavy (non-hydrogen) atoms. The summed E-state index contributed by atoms with van der Waals surface area (Å²) in [4.78, 5) is 25.2. The number of amides is 2. The largest absolute Gasteiger partial charge is 2.00 e. The van der Waals surface area contributed by atoms with Gasteiger partial charge >= 0.3 is 17.1 Å². The number of aryl methyl sites for hydroxylation is 2. The van der Waals surface area contributed by atoms with Crippen molar-refractivity contribution in [3.8, 4) is 0 Å². The Hall–Kier alpha value is -1.32. The van der Waals surface area contributed by atoms with Gasteiger partial charge in [-0.05, 0) is 105 Å². The molecule has 4 nitrogen and oxygen atoms in total. The minimum absolute atomic E-state index is 0. The van der Waals surface area contributed by atoms with E-state index in [-0.39, 0.29) is 28.9 Å². The Morgan fingerprint density at radius 1 is 0.793 bits per heavy atom. The van der Waals surface area contributed by atoms with Crippen molar-refractivity contribution in [3.63, 3.8) is 0 Å². The zero-order valence-electron chi connectivity index (χ0n) is 17.5. The van der Waals surface area contributed by atoms with Crippen molar-refractivity contribution >= 4 is 11.8 Å². The number of benzene rings is 1. The Balaban J connectivity index is 0.000000610. The van der Waals surface area contributed by atoms with Gasteiger partial charge in [0.1, 0.15) is 0 Å². The summed E-state index contributed by atoms with van der Waals surface area (Å²) >= 11 is 0. The Morgan fingerprint density at radius 2 is 1.24 bits per heavy atom. The zero-order valence-corrected chi connectivity index (χ0v) is 18.6. The van der Waals surface area contributed by atoms with E-state index in [2.05, 4.69) is 5.43 Å². The summed E-state index contributed by atoms with van der Waals surface area (Å²) in [6.45, 7) is 9.57. The standard InChI is InChI=1S/C19H23N2O2.C5H5.Fe/c1-13-10-14(2)12-16(11-13)18(23)21(19(3,4)5)20-17(22)15-8-6-7-9-15;1-2-4-5-3-1;/h6-12H,1-5H3,(H,20,22);1-5H;/q;;+2. The van der Waals surface area contributed by atoms with Crippen LogP contribution in [0.4, 0.5) is 0 Å². The summed E-state index contributed by atoms with van der Waals surface area (Å²) in [7, 11) is 0. The summed E-state index contributed by atoms with van der Waals surface area (Å²) in [6.07, 6.45) is 17.0. The van der Waals surface area contributed by atoms with E-state index in [0.29, 0.717) is 11.5 Å². The van der Waals surface area contributed by atoms with Crippen LogP contribution in [-0.4, -0.2) is 22.4 Å². The van der Waals surface area contributed by atoms with Crippen LogP contribution >= 0.6 is 0 Å². The summed E-state index contributed by atoms with van der Waals surface area (Å²) < 4.78 is 0. The van der Waals surface area contributed by atoms with Crippen LogP contribution in [0.25, 0.3) is 0 Å². The maximum atomic E-state index is 12.9. The smallest absolute Gasteiger partial charge is 0.273 e. The molecule has 0 aromatic heterocycles. The molecule has 152 valence electrons. The number of carbonyl (C=O) groups excluding carboxylic acids is 2. The molecular formula is C24H28FeN2O2+2. The number of nitrogens with zero attached hydrogens (tertiary/aromatic N) is 1. The minimum atomic E-state index is -0.545. The molecule has 3 rings (SSSR count). The van der Waals surface area contributed by atoms with E-state index in [9.17, 15) is 9.59 Å². The molecule has 0 unspecified atom stereocenters. The normalized spacial score (nSPS) is 16.4. The molecule has 0 saturated heterocycles. The van der Waals surface area contributed by atoms with Crippen molar-refractivity contribution in [2.24, 2.45) is 0 Å². The fourth-order valence-corrected chi connectivity index (χ4v) is 2.76.